The fourth-order valence-corrected chi connectivity index (χ4v) is 2.16. The highest BCUT2D eigenvalue weighted by atomic mass is 32.1. The molecule has 0 radical (unpaired) electrons. The van der Waals surface area contributed by atoms with Gasteiger partial charge in [-0.3, -0.25) is 0 Å². The monoisotopic (exact) mass is 272 g/mol. The highest BCUT2D eigenvalue weighted by molar-refractivity contribution is 7.10. The second kappa shape index (κ2) is 6.36. The average Bonchev–Trinajstić information content (AvgIpc) is 2.86. The number of carboxylic acids is 1. The maximum atomic E-state index is 11.8. The van der Waals surface area contributed by atoms with Crippen LogP contribution >= 0.6 is 11.3 Å². The summed E-state index contributed by atoms with van der Waals surface area (Å²) >= 11 is 1.52. The first-order valence-electron chi connectivity index (χ1n) is 5.37. The number of amides is 2. The average molecular weight is 272 g/mol. The van der Waals surface area contributed by atoms with Crippen molar-refractivity contribution in [1.29, 1.82) is 0 Å². The Morgan fingerprint density at radius 1 is 1.56 bits per heavy atom. The van der Waals surface area contributed by atoms with Gasteiger partial charge in [-0.2, -0.15) is 0 Å². The van der Waals surface area contributed by atoms with E-state index in [0.29, 0.717) is 0 Å². The summed E-state index contributed by atoms with van der Waals surface area (Å²) < 4.78 is 0. The standard InChI is InChI=1S/C11H16N2O4S/c1-7(9-4-3-5-18-9)13(2)11(17)12-8(6-14)10(15)16/h3-5,7-8,14H,6H2,1-2H3,(H,12,17)(H,15,16)/t7?,8-/m0/s1. The van der Waals surface area contributed by atoms with Crippen LogP contribution in [-0.4, -0.2) is 46.8 Å². The molecule has 18 heavy (non-hydrogen) atoms. The third-order valence-corrected chi connectivity index (χ3v) is 3.68. The van der Waals surface area contributed by atoms with Crippen LogP contribution in [0.1, 0.15) is 17.8 Å². The molecule has 7 heteroatoms. The molecular formula is C11H16N2O4S. The molecule has 100 valence electrons. The summed E-state index contributed by atoms with van der Waals surface area (Å²) in [6.07, 6.45) is 0. The third-order valence-electron chi connectivity index (χ3n) is 2.63. The molecule has 1 heterocycles. The summed E-state index contributed by atoms with van der Waals surface area (Å²) in [6, 6.07) is 1.82. The molecule has 0 aromatic carbocycles. The van der Waals surface area contributed by atoms with Gasteiger partial charge >= 0.3 is 12.0 Å². The second-order valence-corrected chi connectivity index (χ2v) is 4.80. The van der Waals surface area contributed by atoms with Gasteiger partial charge in [0.1, 0.15) is 0 Å². The topological polar surface area (TPSA) is 89.9 Å². The minimum absolute atomic E-state index is 0.155. The van der Waals surface area contributed by atoms with Gasteiger partial charge in [0.15, 0.2) is 6.04 Å². The first-order valence-corrected chi connectivity index (χ1v) is 6.25. The molecule has 1 aromatic rings. The number of rotatable bonds is 5. The van der Waals surface area contributed by atoms with E-state index < -0.39 is 24.6 Å². The number of thiophene rings is 1. The predicted octanol–water partition coefficient (Wildman–Crippen LogP) is 0.896. The number of aliphatic carboxylic acids is 1. The molecule has 0 aliphatic heterocycles. The molecular weight excluding hydrogens is 256 g/mol. The number of carbonyl (C=O) groups is 2. The summed E-state index contributed by atoms with van der Waals surface area (Å²) in [7, 11) is 1.58. The van der Waals surface area contributed by atoms with Crippen LogP contribution in [0.4, 0.5) is 4.79 Å². The molecule has 0 saturated carbocycles. The zero-order chi connectivity index (χ0) is 13.7. The van der Waals surface area contributed by atoms with Crippen LogP contribution in [0, 0.1) is 0 Å². The van der Waals surface area contributed by atoms with E-state index in [9.17, 15) is 9.59 Å². The van der Waals surface area contributed by atoms with Crippen LogP contribution in [0.15, 0.2) is 17.5 Å². The van der Waals surface area contributed by atoms with Gasteiger partial charge in [0.25, 0.3) is 0 Å². The van der Waals surface area contributed by atoms with E-state index in [1.165, 1.54) is 16.2 Å². The highest BCUT2D eigenvalue weighted by Crippen LogP contribution is 2.23. The number of urea groups is 1. The molecule has 1 aromatic heterocycles. The number of carbonyl (C=O) groups excluding carboxylic acids is 1. The minimum Gasteiger partial charge on any atom is -0.480 e. The molecule has 0 fully saturated rings. The number of hydrogen-bond acceptors (Lipinski definition) is 4. The fraction of sp³-hybridized carbons (Fsp3) is 0.455. The number of hydrogen-bond donors (Lipinski definition) is 3. The summed E-state index contributed by atoms with van der Waals surface area (Å²) in [5.74, 6) is -1.26. The molecule has 3 N–H and O–H groups in total. The Morgan fingerprint density at radius 3 is 2.67 bits per heavy atom. The normalized spacial score (nSPS) is 13.7. The van der Waals surface area contributed by atoms with Crippen molar-refractivity contribution >= 4 is 23.3 Å². The van der Waals surface area contributed by atoms with Crippen LogP contribution in [0.5, 0.6) is 0 Å². The maximum Gasteiger partial charge on any atom is 0.328 e. The first kappa shape index (κ1) is 14.5. The molecule has 0 spiro atoms. The molecule has 1 rings (SSSR count). The summed E-state index contributed by atoms with van der Waals surface area (Å²) in [5.41, 5.74) is 0. The summed E-state index contributed by atoms with van der Waals surface area (Å²) in [5, 5.41) is 21.7. The zero-order valence-electron chi connectivity index (χ0n) is 10.2. The summed E-state index contributed by atoms with van der Waals surface area (Å²) in [4.78, 5) is 24.9. The molecule has 1 unspecified atom stereocenters. The highest BCUT2D eigenvalue weighted by Gasteiger charge is 2.23. The molecule has 2 atom stereocenters. The van der Waals surface area contributed by atoms with E-state index in [4.69, 9.17) is 10.2 Å². The van der Waals surface area contributed by atoms with E-state index in [0.717, 1.165) is 4.88 Å². The van der Waals surface area contributed by atoms with Crippen molar-refractivity contribution in [2.75, 3.05) is 13.7 Å². The molecule has 6 nitrogen and oxygen atoms in total. The van der Waals surface area contributed by atoms with E-state index >= 15 is 0 Å². The smallest absolute Gasteiger partial charge is 0.328 e. The molecule has 0 bridgehead atoms. The van der Waals surface area contributed by atoms with E-state index in [1.54, 1.807) is 7.05 Å². The molecule has 0 saturated heterocycles. The van der Waals surface area contributed by atoms with Crippen LogP contribution < -0.4 is 5.32 Å². The van der Waals surface area contributed by atoms with Crippen molar-refractivity contribution in [3.63, 3.8) is 0 Å². The minimum atomic E-state index is -1.28. The lowest BCUT2D eigenvalue weighted by Gasteiger charge is -2.25. The number of aliphatic hydroxyl groups is 1. The Kier molecular flexibility index (Phi) is 5.11. The lowest BCUT2D eigenvalue weighted by atomic mass is 10.2. The Labute approximate surface area is 109 Å². The van der Waals surface area contributed by atoms with Crippen molar-refractivity contribution < 1.29 is 19.8 Å². The van der Waals surface area contributed by atoms with Gasteiger partial charge in [-0.15, -0.1) is 11.3 Å². The van der Waals surface area contributed by atoms with Gasteiger partial charge in [-0.05, 0) is 18.4 Å². The Hall–Kier alpha value is -1.60. The van der Waals surface area contributed by atoms with Gasteiger partial charge in [0.05, 0.1) is 12.6 Å². The summed E-state index contributed by atoms with van der Waals surface area (Å²) in [6.45, 7) is 1.21. The number of carboxylic acid groups (broad SMARTS) is 1. The SMILES string of the molecule is CC(c1cccs1)N(C)C(=O)N[C@@H](CO)C(=O)O. The Morgan fingerprint density at radius 2 is 2.22 bits per heavy atom. The number of nitrogens with zero attached hydrogens (tertiary/aromatic N) is 1. The van der Waals surface area contributed by atoms with Crippen molar-refractivity contribution in [3.05, 3.63) is 22.4 Å². The van der Waals surface area contributed by atoms with Gasteiger partial charge in [-0.1, -0.05) is 6.07 Å². The molecule has 2 amide bonds. The van der Waals surface area contributed by atoms with Crippen LogP contribution in [-0.2, 0) is 4.79 Å². The predicted molar refractivity (Wildman–Crippen MR) is 67.5 cm³/mol. The lowest BCUT2D eigenvalue weighted by Crippen LogP contribution is -2.48. The quantitative estimate of drug-likeness (QED) is 0.742. The van der Waals surface area contributed by atoms with Crippen LogP contribution in [0.25, 0.3) is 0 Å². The van der Waals surface area contributed by atoms with Crippen molar-refractivity contribution in [2.24, 2.45) is 0 Å². The van der Waals surface area contributed by atoms with Crippen molar-refractivity contribution in [3.8, 4) is 0 Å². The van der Waals surface area contributed by atoms with Crippen LogP contribution in [0.3, 0.4) is 0 Å². The zero-order valence-corrected chi connectivity index (χ0v) is 11.0. The van der Waals surface area contributed by atoms with Gasteiger partial charge in [-0.25, -0.2) is 9.59 Å². The molecule has 0 aliphatic carbocycles. The van der Waals surface area contributed by atoms with Crippen molar-refractivity contribution in [2.45, 2.75) is 19.0 Å². The van der Waals surface area contributed by atoms with E-state index in [-0.39, 0.29) is 6.04 Å². The van der Waals surface area contributed by atoms with Gasteiger partial charge in [0.2, 0.25) is 0 Å². The fourth-order valence-electron chi connectivity index (χ4n) is 1.33. The van der Waals surface area contributed by atoms with Crippen molar-refractivity contribution in [1.82, 2.24) is 10.2 Å². The van der Waals surface area contributed by atoms with E-state index in [1.807, 2.05) is 24.4 Å². The van der Waals surface area contributed by atoms with Crippen LogP contribution in [0.2, 0.25) is 0 Å². The third kappa shape index (κ3) is 3.44. The maximum absolute atomic E-state index is 11.8. The largest absolute Gasteiger partial charge is 0.480 e. The lowest BCUT2D eigenvalue weighted by molar-refractivity contribution is -0.140. The van der Waals surface area contributed by atoms with E-state index in [2.05, 4.69) is 5.32 Å². The Bertz CT molecular complexity index is 407. The van der Waals surface area contributed by atoms with Gasteiger partial charge < -0.3 is 20.4 Å². The first-order chi connectivity index (χ1) is 8.47. The number of nitrogens with one attached hydrogen (secondary N) is 1. The molecule has 0 aliphatic rings. The van der Waals surface area contributed by atoms with Gasteiger partial charge in [0, 0.05) is 11.9 Å². The second-order valence-electron chi connectivity index (χ2n) is 3.83. The Balaban J connectivity index is 2.64. The number of aliphatic hydroxyl groups excluding tert-OH is 1.